The Hall–Kier alpha value is -0.850. The predicted molar refractivity (Wildman–Crippen MR) is 67.4 cm³/mol. The van der Waals surface area contributed by atoms with Crippen molar-refractivity contribution in [2.24, 2.45) is 5.73 Å². The SMILES string of the molecule is COCCOC1(CN)CN(C(=O)OC(C)(C)C)C1. The fourth-order valence-electron chi connectivity index (χ4n) is 1.73. The molecule has 1 amide bonds. The van der Waals surface area contributed by atoms with Crippen molar-refractivity contribution >= 4 is 6.09 Å². The van der Waals surface area contributed by atoms with E-state index in [4.69, 9.17) is 19.9 Å². The smallest absolute Gasteiger partial charge is 0.410 e. The number of nitrogens with two attached hydrogens (primary N) is 1. The molecule has 0 radical (unpaired) electrons. The maximum absolute atomic E-state index is 11.8. The molecule has 106 valence electrons. The van der Waals surface area contributed by atoms with E-state index in [-0.39, 0.29) is 6.09 Å². The van der Waals surface area contributed by atoms with E-state index in [9.17, 15) is 4.79 Å². The number of carbonyl (C=O) groups is 1. The molecule has 1 heterocycles. The molecule has 1 fully saturated rings. The Balaban J connectivity index is 2.37. The van der Waals surface area contributed by atoms with Crippen molar-refractivity contribution in [3.8, 4) is 0 Å². The molecule has 6 heteroatoms. The van der Waals surface area contributed by atoms with Crippen LogP contribution in [0.3, 0.4) is 0 Å². The van der Waals surface area contributed by atoms with E-state index < -0.39 is 11.2 Å². The van der Waals surface area contributed by atoms with Crippen LogP contribution in [0.5, 0.6) is 0 Å². The number of rotatable bonds is 5. The van der Waals surface area contributed by atoms with Gasteiger partial charge in [0.1, 0.15) is 11.2 Å². The Labute approximate surface area is 108 Å². The Bertz CT molecular complexity index is 282. The number of amides is 1. The number of hydrogen-bond acceptors (Lipinski definition) is 5. The zero-order valence-corrected chi connectivity index (χ0v) is 11.7. The molecule has 2 N–H and O–H groups in total. The first kappa shape index (κ1) is 15.2. The van der Waals surface area contributed by atoms with Crippen LogP contribution in [0.15, 0.2) is 0 Å². The van der Waals surface area contributed by atoms with Gasteiger partial charge in [-0.1, -0.05) is 0 Å². The summed E-state index contributed by atoms with van der Waals surface area (Å²) < 4.78 is 15.9. The van der Waals surface area contributed by atoms with Gasteiger partial charge >= 0.3 is 6.09 Å². The van der Waals surface area contributed by atoms with Gasteiger partial charge in [-0.2, -0.15) is 0 Å². The van der Waals surface area contributed by atoms with Crippen LogP contribution < -0.4 is 5.73 Å². The Kier molecular flexibility index (Phi) is 4.95. The van der Waals surface area contributed by atoms with Crippen LogP contribution in [0.2, 0.25) is 0 Å². The molecule has 0 aromatic carbocycles. The minimum absolute atomic E-state index is 0.318. The molecule has 0 bridgehead atoms. The highest BCUT2D eigenvalue weighted by Gasteiger charge is 2.46. The lowest BCUT2D eigenvalue weighted by molar-refractivity contribution is -0.140. The fourth-order valence-corrected chi connectivity index (χ4v) is 1.73. The normalized spacial score (nSPS) is 18.4. The molecule has 0 spiro atoms. The van der Waals surface area contributed by atoms with Gasteiger partial charge in [0.15, 0.2) is 0 Å². The first-order valence-electron chi connectivity index (χ1n) is 6.13. The van der Waals surface area contributed by atoms with Crippen LogP contribution >= 0.6 is 0 Å². The molecule has 18 heavy (non-hydrogen) atoms. The lowest BCUT2D eigenvalue weighted by atomic mass is 9.94. The van der Waals surface area contributed by atoms with E-state index in [1.807, 2.05) is 20.8 Å². The maximum atomic E-state index is 11.8. The van der Waals surface area contributed by atoms with E-state index in [0.717, 1.165) is 0 Å². The van der Waals surface area contributed by atoms with Crippen LogP contribution in [-0.4, -0.2) is 62.2 Å². The van der Waals surface area contributed by atoms with E-state index in [0.29, 0.717) is 32.8 Å². The van der Waals surface area contributed by atoms with E-state index in [1.165, 1.54) is 0 Å². The molecule has 0 unspecified atom stereocenters. The van der Waals surface area contributed by atoms with Crippen LogP contribution in [0.25, 0.3) is 0 Å². The van der Waals surface area contributed by atoms with Crippen molar-refractivity contribution in [2.75, 3.05) is 40.0 Å². The van der Waals surface area contributed by atoms with Crippen LogP contribution in [0.1, 0.15) is 20.8 Å². The van der Waals surface area contributed by atoms with Gasteiger partial charge in [0.2, 0.25) is 0 Å². The number of methoxy groups -OCH3 is 1. The maximum Gasteiger partial charge on any atom is 0.410 e. The second-order valence-electron chi connectivity index (χ2n) is 5.56. The van der Waals surface area contributed by atoms with Gasteiger partial charge < -0.3 is 24.8 Å². The van der Waals surface area contributed by atoms with Crippen molar-refractivity contribution in [3.05, 3.63) is 0 Å². The van der Waals surface area contributed by atoms with Crippen LogP contribution in [-0.2, 0) is 14.2 Å². The first-order chi connectivity index (χ1) is 8.32. The van der Waals surface area contributed by atoms with Crippen LogP contribution in [0, 0.1) is 0 Å². The summed E-state index contributed by atoms with van der Waals surface area (Å²) in [5, 5.41) is 0. The molecule has 0 saturated carbocycles. The van der Waals surface area contributed by atoms with Crippen molar-refractivity contribution in [3.63, 3.8) is 0 Å². The average Bonchev–Trinajstić information content (AvgIpc) is 2.19. The summed E-state index contributed by atoms with van der Waals surface area (Å²) in [5.74, 6) is 0. The number of nitrogens with zero attached hydrogens (tertiary/aromatic N) is 1. The van der Waals surface area contributed by atoms with Gasteiger partial charge in [0, 0.05) is 13.7 Å². The molecule has 1 saturated heterocycles. The van der Waals surface area contributed by atoms with Crippen molar-refractivity contribution in [2.45, 2.75) is 32.0 Å². The predicted octanol–water partition coefficient (Wildman–Crippen LogP) is 0.598. The minimum Gasteiger partial charge on any atom is -0.444 e. The number of likely N-dealkylation sites (tertiary alicyclic amines) is 1. The van der Waals surface area contributed by atoms with E-state index in [2.05, 4.69) is 0 Å². The minimum atomic E-state index is -0.477. The summed E-state index contributed by atoms with van der Waals surface area (Å²) in [7, 11) is 1.62. The van der Waals surface area contributed by atoms with Gasteiger partial charge in [0.05, 0.1) is 26.3 Å². The van der Waals surface area contributed by atoms with Gasteiger partial charge in [-0.05, 0) is 20.8 Å². The lowest BCUT2D eigenvalue weighted by Crippen LogP contribution is -2.68. The third kappa shape index (κ3) is 4.12. The first-order valence-corrected chi connectivity index (χ1v) is 6.13. The second kappa shape index (κ2) is 5.86. The fraction of sp³-hybridized carbons (Fsp3) is 0.917. The summed E-state index contributed by atoms with van der Waals surface area (Å²) in [6, 6.07) is 0. The van der Waals surface area contributed by atoms with Gasteiger partial charge in [0.25, 0.3) is 0 Å². The molecular formula is C12H24N2O4. The molecule has 1 rings (SSSR count). The molecule has 0 aromatic rings. The highest BCUT2D eigenvalue weighted by atomic mass is 16.6. The molecule has 1 aliphatic rings. The van der Waals surface area contributed by atoms with Gasteiger partial charge in [-0.3, -0.25) is 0 Å². The molecule has 0 aromatic heterocycles. The Morgan fingerprint density at radius 2 is 1.94 bits per heavy atom. The standard InChI is InChI=1S/C12H24N2O4/c1-11(2,3)18-10(15)14-8-12(7-13,9-14)17-6-5-16-4/h5-9,13H2,1-4H3. The number of hydrogen-bond donors (Lipinski definition) is 1. The van der Waals surface area contributed by atoms with Crippen molar-refractivity contribution in [1.82, 2.24) is 4.90 Å². The summed E-state index contributed by atoms with van der Waals surface area (Å²) >= 11 is 0. The summed E-state index contributed by atoms with van der Waals surface area (Å²) in [6.07, 6.45) is -0.318. The van der Waals surface area contributed by atoms with E-state index in [1.54, 1.807) is 12.0 Å². The molecule has 6 nitrogen and oxygen atoms in total. The molecular weight excluding hydrogens is 236 g/mol. The average molecular weight is 260 g/mol. The number of ether oxygens (including phenoxy) is 3. The van der Waals surface area contributed by atoms with Gasteiger partial charge in [-0.25, -0.2) is 4.79 Å². The third-order valence-electron chi connectivity index (χ3n) is 2.68. The zero-order valence-electron chi connectivity index (χ0n) is 11.7. The quantitative estimate of drug-likeness (QED) is 0.733. The molecule has 1 aliphatic heterocycles. The lowest BCUT2D eigenvalue weighted by Gasteiger charge is -2.48. The topological polar surface area (TPSA) is 74.0 Å². The number of carbonyl (C=O) groups excluding carboxylic acids is 1. The third-order valence-corrected chi connectivity index (χ3v) is 2.68. The zero-order chi connectivity index (χ0) is 13.8. The monoisotopic (exact) mass is 260 g/mol. The van der Waals surface area contributed by atoms with Crippen LogP contribution in [0.4, 0.5) is 4.79 Å². The Morgan fingerprint density at radius 1 is 1.33 bits per heavy atom. The van der Waals surface area contributed by atoms with Crippen molar-refractivity contribution in [1.29, 1.82) is 0 Å². The molecule has 0 aliphatic carbocycles. The second-order valence-corrected chi connectivity index (χ2v) is 5.56. The molecule has 0 atom stereocenters. The summed E-state index contributed by atoms with van der Waals surface area (Å²) in [4.78, 5) is 13.4. The largest absolute Gasteiger partial charge is 0.444 e. The highest BCUT2D eigenvalue weighted by Crippen LogP contribution is 2.26. The summed E-state index contributed by atoms with van der Waals surface area (Å²) in [6.45, 7) is 7.87. The van der Waals surface area contributed by atoms with Gasteiger partial charge in [-0.15, -0.1) is 0 Å². The summed E-state index contributed by atoms with van der Waals surface area (Å²) in [5.41, 5.74) is 4.78. The highest BCUT2D eigenvalue weighted by molar-refractivity contribution is 5.69. The van der Waals surface area contributed by atoms with Crippen molar-refractivity contribution < 1.29 is 19.0 Å². The van der Waals surface area contributed by atoms with E-state index >= 15 is 0 Å². The Morgan fingerprint density at radius 3 is 2.39 bits per heavy atom.